The normalized spacial score (nSPS) is 10.9. The van der Waals surface area contributed by atoms with Crippen LogP contribution in [-0.4, -0.2) is 66.2 Å². The number of hydrogen-bond donors (Lipinski definition) is 12. The van der Waals surface area contributed by atoms with Gasteiger partial charge in [-0.1, -0.05) is 200 Å². The second-order valence-corrected chi connectivity index (χ2v) is 30.7. The molecule has 0 saturated carbocycles. The predicted molar refractivity (Wildman–Crippen MR) is 495 cm³/mol. The third-order valence-electron chi connectivity index (χ3n) is 18.3. The van der Waals surface area contributed by atoms with Crippen molar-refractivity contribution in [3.63, 3.8) is 0 Å². The lowest BCUT2D eigenvalue weighted by Crippen LogP contribution is -1.92. The number of hydrogen-bond acceptors (Lipinski definition) is 17. The average Bonchev–Trinajstić information content (AvgIpc) is 1.62. The fourth-order valence-electron chi connectivity index (χ4n) is 12.6. The first kappa shape index (κ1) is 77.4. The highest BCUT2D eigenvalue weighted by molar-refractivity contribution is 9.10. The van der Waals surface area contributed by atoms with Gasteiger partial charge in [-0.05, 0) is 146 Å². The molecule has 0 spiro atoms. The molecular formula is C94H76BrN19S4. The Bertz CT molecular complexity index is 6440. The van der Waals surface area contributed by atoms with Crippen LogP contribution in [0, 0.1) is 0 Å². The van der Waals surface area contributed by atoms with E-state index in [9.17, 15) is 0 Å². The van der Waals surface area contributed by atoms with Gasteiger partial charge in [0.25, 0.3) is 0 Å². The molecular weight excluding hydrogens is 1600 g/mol. The van der Waals surface area contributed by atoms with E-state index in [4.69, 9.17) is 0 Å². The molecule has 0 atom stereocenters. The van der Waals surface area contributed by atoms with Gasteiger partial charge in [0.15, 0.2) is 34.9 Å². The summed E-state index contributed by atoms with van der Waals surface area (Å²) < 4.78 is 2.38. The molecule has 0 radical (unpaired) electrons. The van der Waals surface area contributed by atoms with Crippen LogP contribution >= 0.6 is 61.3 Å². The highest BCUT2D eigenvalue weighted by atomic mass is 79.9. The second kappa shape index (κ2) is 39.0. The lowest BCUT2D eigenvalue weighted by molar-refractivity contribution is 1.01. The number of aromatic nitrogens is 13. The lowest BCUT2D eigenvalue weighted by atomic mass is 10.1. The smallest absolute Gasteiger partial charge is 0.160 e. The number of H-pyrrole nitrogens is 6. The van der Waals surface area contributed by atoms with Gasteiger partial charge in [-0.3, -0.25) is 35.6 Å². The average molecular weight is 1680 g/mol. The van der Waals surface area contributed by atoms with Crippen molar-refractivity contribution in [1.29, 1.82) is 0 Å². The topological polar surface area (TPSA) is 257 Å². The highest BCUT2D eigenvalue weighted by Crippen LogP contribution is 2.42. The van der Waals surface area contributed by atoms with Gasteiger partial charge in [0.05, 0.1) is 33.3 Å². The molecule has 20 aromatic rings. The molecule has 21 rings (SSSR count). The number of pyridine rings is 1. The van der Waals surface area contributed by atoms with E-state index < -0.39 is 0 Å². The van der Waals surface area contributed by atoms with Crippen LogP contribution in [0.4, 0.5) is 69.0 Å². The molecule has 11 heterocycles. The Labute approximate surface area is 705 Å². The molecule has 12 N–H and O–H groups in total. The van der Waals surface area contributed by atoms with Crippen LogP contribution in [-0.2, 0) is 6.42 Å². The van der Waals surface area contributed by atoms with E-state index in [1.165, 1.54) is 54.0 Å². The minimum Gasteiger partial charge on any atom is -0.339 e. The van der Waals surface area contributed by atoms with Gasteiger partial charge >= 0.3 is 0 Å². The number of thiophene rings is 4. The second-order valence-electron chi connectivity index (χ2n) is 26.5. The summed E-state index contributed by atoms with van der Waals surface area (Å²) in [7, 11) is 0. The van der Waals surface area contributed by atoms with Gasteiger partial charge in [-0.25, -0.2) is 0 Å². The maximum absolute atomic E-state index is 4.40. The molecule has 0 fully saturated rings. The van der Waals surface area contributed by atoms with Gasteiger partial charge in [0, 0.05) is 153 Å². The zero-order valence-corrected chi connectivity index (χ0v) is 68.0. The Kier molecular flexibility index (Phi) is 25.6. The summed E-state index contributed by atoms with van der Waals surface area (Å²) in [5.74, 6) is 4.98. The number of halogens is 1. The molecule has 0 unspecified atom stereocenters. The summed E-state index contributed by atoms with van der Waals surface area (Å²) in [4.78, 5) is 5.28. The fraction of sp³-hybridized carbons (Fsp3) is 0.0106. The maximum Gasteiger partial charge on any atom is 0.160 e. The van der Waals surface area contributed by atoms with E-state index in [2.05, 4.69) is 225 Å². The van der Waals surface area contributed by atoms with Crippen LogP contribution in [0.1, 0.15) is 22.4 Å². The minimum atomic E-state index is 0.792. The molecule has 0 saturated heterocycles. The van der Waals surface area contributed by atoms with Crippen LogP contribution < -0.4 is 31.9 Å². The van der Waals surface area contributed by atoms with Crippen molar-refractivity contribution in [3.8, 4) is 66.7 Å². The highest BCUT2D eigenvalue weighted by Gasteiger charge is 2.24. The van der Waals surface area contributed by atoms with E-state index in [0.29, 0.717) is 0 Å². The summed E-state index contributed by atoms with van der Waals surface area (Å²) in [5, 5.41) is 77.9. The Morgan fingerprint density at radius 1 is 0.339 bits per heavy atom. The van der Waals surface area contributed by atoms with Crippen LogP contribution in [0.2, 0.25) is 0 Å². The van der Waals surface area contributed by atoms with Crippen molar-refractivity contribution in [1.82, 2.24) is 66.2 Å². The van der Waals surface area contributed by atoms with Gasteiger partial charge in [0.2, 0.25) is 0 Å². The van der Waals surface area contributed by atoms with Crippen molar-refractivity contribution in [2.45, 2.75) is 6.42 Å². The summed E-state index contributed by atoms with van der Waals surface area (Å²) in [5.41, 5.74) is 23.2. The predicted octanol–water partition coefficient (Wildman–Crippen LogP) is 26.6. The fourth-order valence-corrected chi connectivity index (χ4v) is 16.6. The Balaban J connectivity index is 0.000000106. The van der Waals surface area contributed by atoms with Crippen molar-refractivity contribution >= 4 is 153 Å². The van der Waals surface area contributed by atoms with Crippen molar-refractivity contribution < 1.29 is 0 Å². The molecule has 0 amide bonds. The first-order valence-electron chi connectivity index (χ1n) is 37.6. The van der Waals surface area contributed by atoms with Gasteiger partial charge in [0.1, 0.15) is 0 Å². The van der Waals surface area contributed by atoms with E-state index in [-0.39, 0.29) is 0 Å². The Hall–Kier alpha value is -14.5. The monoisotopic (exact) mass is 1680 g/mol. The number of benzene rings is 9. The van der Waals surface area contributed by atoms with Crippen molar-refractivity contribution in [2.75, 3.05) is 31.9 Å². The summed E-state index contributed by atoms with van der Waals surface area (Å²) in [6.07, 6.45) is 8.77. The van der Waals surface area contributed by atoms with Crippen molar-refractivity contribution in [2.24, 2.45) is 0 Å². The quantitative estimate of drug-likeness (QED) is 0.0360. The number of rotatable bonds is 19. The number of anilines is 12. The Morgan fingerprint density at radius 2 is 0.788 bits per heavy atom. The zero-order chi connectivity index (χ0) is 79.7. The third kappa shape index (κ3) is 20.7. The number of nitrogens with zero attached hydrogens (tertiary/aromatic N) is 7. The number of aromatic amines is 6. The summed E-state index contributed by atoms with van der Waals surface area (Å²) in [6, 6.07) is 105. The summed E-state index contributed by atoms with van der Waals surface area (Å²) in [6.45, 7) is 0. The minimum absolute atomic E-state index is 0.792. The third-order valence-corrected chi connectivity index (χ3v) is 22.7. The lowest BCUT2D eigenvalue weighted by Gasteiger charge is -2.05. The maximum atomic E-state index is 4.40. The molecule has 11 aromatic heterocycles. The largest absolute Gasteiger partial charge is 0.339 e. The first-order chi connectivity index (χ1) is 58.4. The number of para-hydroxylation sites is 6. The SMILES string of the molecule is Brc1cscc1-c1cc(Nc2ccccc2)n[nH]1.C(=C\c1cscc1-c1cc(Nc2ccccc2)n[nH]1)/c1ccccc1.c1ccc(Nc2cc(-c3cccnc3)[nH]n2)cc1.c1ccc(Nc2cc(-c3cccs3)[nH]n2)cc1.c1ccc(Nc2cc(-c3csc4ccccc34)[nH]n2)cc1.c1ccc(Nc2n[nH]c3c2-c2ccccc2C3)cc1. The summed E-state index contributed by atoms with van der Waals surface area (Å²) >= 11 is 10.3. The van der Waals surface area contributed by atoms with Gasteiger partial charge < -0.3 is 31.9 Å². The first-order valence-corrected chi connectivity index (χ1v) is 42.1. The van der Waals surface area contributed by atoms with Crippen LogP contribution in [0.5, 0.6) is 0 Å². The molecule has 24 heteroatoms. The molecule has 0 aliphatic heterocycles. The molecule has 9 aromatic carbocycles. The molecule has 118 heavy (non-hydrogen) atoms. The van der Waals surface area contributed by atoms with Crippen LogP contribution in [0.3, 0.4) is 0 Å². The van der Waals surface area contributed by atoms with Crippen molar-refractivity contribution in [3.05, 3.63) is 387 Å². The van der Waals surface area contributed by atoms with Gasteiger partial charge in [-0.15, -0.1) is 22.7 Å². The molecule has 578 valence electrons. The molecule has 0 bridgehead atoms. The van der Waals surface area contributed by atoms with E-state index >= 15 is 0 Å². The number of nitrogens with one attached hydrogen (secondary N) is 12. The Morgan fingerprint density at radius 3 is 1.31 bits per heavy atom. The molecule has 1 aliphatic rings. The van der Waals surface area contributed by atoms with E-state index in [0.717, 1.165) is 125 Å². The zero-order valence-electron chi connectivity index (χ0n) is 63.1. The molecule has 1 aliphatic carbocycles. The van der Waals surface area contributed by atoms with Crippen LogP contribution in [0.25, 0.3) is 89.0 Å². The molecule has 19 nitrogen and oxygen atoms in total. The van der Waals surface area contributed by atoms with Gasteiger partial charge in [-0.2, -0.15) is 53.3 Å². The van der Waals surface area contributed by atoms with E-state index in [1.54, 1.807) is 57.7 Å². The standard InChI is InChI=1S/C21H17N3S.C17H13N3S.C16H13N3.C14H12N4.C13H10BrN3S.C13H11N3S/c1-3-7-16(8-4-1)11-12-17-14-25-15-19(17)20-13-21(24-23-20)22-18-9-5-2-6-10-18;1-2-6-12(7-3-1)18-17-10-15(19-20-17)14-11-21-16-9-5-4-8-13(14)16;1-2-7-12(8-3-1)17-16-15-13-9-5-4-6-11(13)10-14(15)18-19-16;1-2-6-12(7-3-1)16-14-9-13(17-18-14)11-5-4-8-15-10-11;14-11-8-18-7-10(11)12-6-13(17-16-12)15-9-4-2-1-3-5-9;1-2-5-10(6-3-1)14-13-9-11(15-16-13)12-7-4-8-17-12/h1-15H,(H2,22,23,24);1-11H,(H2,18,19,20);1-9H,10H2,(H2,17,18,19);1-10H,(H2,16,17,18);1-8H,(H2,15,16,17);1-9H,(H2,14,15,16)/b12-11+;;;;;. The number of fused-ring (bicyclic) bond motifs is 4. The van der Waals surface area contributed by atoms with E-state index in [1.807, 2.05) is 249 Å². The van der Waals surface area contributed by atoms with Crippen LogP contribution in [0.15, 0.2) is 365 Å².